The molecule has 1 aromatic carbocycles. The highest BCUT2D eigenvalue weighted by Crippen LogP contribution is 2.33. The van der Waals surface area contributed by atoms with Crippen LogP contribution < -0.4 is 10.2 Å². The number of aromatic amines is 1. The molecule has 2 aromatic heterocycles. The third-order valence-electron chi connectivity index (χ3n) is 8.86. The number of carboxylic acids is 1. The molecular formula is C32H43N6O3+. The third kappa shape index (κ3) is 6.90. The van der Waals surface area contributed by atoms with Gasteiger partial charge in [-0.25, -0.2) is 4.98 Å². The van der Waals surface area contributed by atoms with E-state index >= 15 is 0 Å². The number of carboxylic acid groups (broad SMARTS) is 1. The van der Waals surface area contributed by atoms with Crippen molar-refractivity contribution in [2.45, 2.75) is 51.4 Å². The van der Waals surface area contributed by atoms with E-state index < -0.39 is 5.97 Å². The van der Waals surface area contributed by atoms with Crippen LogP contribution in [0.3, 0.4) is 0 Å². The Morgan fingerprint density at radius 3 is 2.85 bits per heavy atom. The number of hydrogen-bond acceptors (Lipinski definition) is 6. The number of fused-ring (bicyclic) bond motifs is 1. The van der Waals surface area contributed by atoms with Gasteiger partial charge < -0.3 is 25.0 Å². The lowest BCUT2D eigenvalue weighted by Gasteiger charge is -2.29. The van der Waals surface area contributed by atoms with Gasteiger partial charge in [0.2, 0.25) is 0 Å². The minimum atomic E-state index is -0.753. The number of ether oxygens (including phenoxy) is 1. The largest absolute Gasteiger partial charge is 0.481 e. The molecule has 1 unspecified atom stereocenters. The maximum Gasteiger partial charge on any atom is 0.304 e. The summed E-state index contributed by atoms with van der Waals surface area (Å²) < 4.78 is 4.51. The predicted molar refractivity (Wildman–Crippen MR) is 162 cm³/mol. The molecule has 0 amide bonds. The lowest BCUT2D eigenvalue weighted by molar-refractivity contribution is -0.137. The van der Waals surface area contributed by atoms with Gasteiger partial charge in [-0.1, -0.05) is 6.07 Å². The van der Waals surface area contributed by atoms with Crippen LogP contribution in [0.5, 0.6) is 0 Å². The molecule has 6 rings (SSSR count). The number of H-pyrrole nitrogens is 1. The topological polar surface area (TPSA) is 110 Å². The Morgan fingerprint density at radius 2 is 2.05 bits per heavy atom. The summed E-state index contributed by atoms with van der Waals surface area (Å²) in [6.07, 6.45) is 5.66. The molecule has 9 heteroatoms. The molecule has 2 atom stereocenters. The molecule has 0 bridgehead atoms. The van der Waals surface area contributed by atoms with E-state index in [0.29, 0.717) is 5.92 Å². The number of aliphatic hydroxyl groups is 2. The van der Waals surface area contributed by atoms with E-state index in [1.54, 1.807) is 0 Å². The fourth-order valence-electron chi connectivity index (χ4n) is 6.62. The Kier molecular flexibility index (Phi) is 8.53. The third-order valence-corrected chi connectivity index (χ3v) is 8.86. The Hall–Kier alpha value is -3.43. The van der Waals surface area contributed by atoms with Crippen LogP contribution in [0.25, 0.3) is 11.3 Å². The predicted octanol–water partition coefficient (Wildman–Crippen LogP) is 4.00. The van der Waals surface area contributed by atoms with Crippen molar-refractivity contribution in [3.63, 3.8) is 0 Å². The van der Waals surface area contributed by atoms with E-state index in [1.807, 2.05) is 6.92 Å². The van der Waals surface area contributed by atoms with Crippen LogP contribution in [0.2, 0.25) is 0 Å². The van der Waals surface area contributed by atoms with E-state index in [-0.39, 0.29) is 12.3 Å². The summed E-state index contributed by atoms with van der Waals surface area (Å²) in [6.45, 7) is 9.21. The number of aliphatic carboxylic acids is 1. The van der Waals surface area contributed by atoms with Gasteiger partial charge in [-0.3, -0.25) is 9.89 Å². The van der Waals surface area contributed by atoms with Gasteiger partial charge in [0.1, 0.15) is 5.82 Å². The van der Waals surface area contributed by atoms with Crippen LogP contribution >= 0.6 is 0 Å². The summed E-state index contributed by atoms with van der Waals surface area (Å²) in [6, 6.07) is 13.1. The number of nitrogens with one attached hydrogen (secondary N) is 2. The minimum absolute atomic E-state index is 0.0900. The van der Waals surface area contributed by atoms with E-state index in [9.17, 15) is 9.90 Å². The van der Waals surface area contributed by atoms with Crippen molar-refractivity contribution in [3.05, 3.63) is 58.9 Å². The maximum atomic E-state index is 12.1. The number of carbonyl (C=O) groups is 1. The van der Waals surface area contributed by atoms with Gasteiger partial charge >= 0.3 is 5.97 Å². The van der Waals surface area contributed by atoms with Gasteiger partial charge in [-0.2, -0.15) is 5.10 Å². The Labute approximate surface area is 242 Å². The quantitative estimate of drug-likeness (QED) is 0.322. The summed E-state index contributed by atoms with van der Waals surface area (Å²) in [5, 5.41) is 20.9. The van der Waals surface area contributed by atoms with Crippen LogP contribution in [-0.2, 0) is 17.6 Å². The zero-order valence-electron chi connectivity index (χ0n) is 24.1. The molecule has 3 aromatic rings. The molecule has 4 N–H and O–H groups in total. The normalized spacial score (nSPS) is 20.0. The number of hydrogen-bond donors (Lipinski definition) is 3. The van der Waals surface area contributed by atoms with Crippen molar-refractivity contribution in [2.24, 2.45) is 5.92 Å². The summed E-state index contributed by atoms with van der Waals surface area (Å²) in [4.78, 5) is 21.8. The Morgan fingerprint density at radius 1 is 1.17 bits per heavy atom. The Bertz CT molecular complexity index is 1350. The lowest BCUT2D eigenvalue weighted by atomic mass is 9.92. The molecule has 3 aliphatic heterocycles. The van der Waals surface area contributed by atoms with Crippen molar-refractivity contribution in [3.8, 4) is 11.3 Å². The van der Waals surface area contributed by atoms with E-state index in [2.05, 4.69) is 66.4 Å². The molecule has 2 saturated heterocycles. The second kappa shape index (κ2) is 12.6. The van der Waals surface area contributed by atoms with Gasteiger partial charge in [0, 0.05) is 48.2 Å². The lowest BCUT2D eigenvalue weighted by Crippen LogP contribution is -2.38. The first-order valence-electron chi connectivity index (χ1n) is 15.2. The van der Waals surface area contributed by atoms with Crippen molar-refractivity contribution in [1.29, 1.82) is 0 Å². The summed E-state index contributed by atoms with van der Waals surface area (Å²) in [5.41, 5.74) is 7.66. The highest BCUT2D eigenvalue weighted by atomic mass is 16.5. The van der Waals surface area contributed by atoms with Gasteiger partial charge in [0.25, 0.3) is 0 Å². The van der Waals surface area contributed by atoms with E-state index in [4.69, 9.17) is 4.98 Å². The molecule has 0 aliphatic carbocycles. The fourth-order valence-corrected chi connectivity index (χ4v) is 6.62. The highest BCUT2D eigenvalue weighted by molar-refractivity contribution is 5.71. The number of morpholine rings is 1. The van der Waals surface area contributed by atoms with Crippen molar-refractivity contribution < 1.29 is 14.6 Å². The molecule has 2 fully saturated rings. The van der Waals surface area contributed by atoms with Gasteiger partial charge in [0.15, 0.2) is 13.2 Å². The average molecular weight is 560 g/mol. The van der Waals surface area contributed by atoms with E-state index in [0.717, 1.165) is 112 Å². The fraction of sp³-hybridized carbons (Fsp3) is 0.531. The number of likely N-dealkylation sites (tertiary alicyclic amines) is 1. The van der Waals surface area contributed by atoms with Crippen LogP contribution in [0.4, 0.5) is 11.5 Å². The SMILES string of the molecule is Cc1cc(-c2cc(C(CC(=O)O)CN3CC[C@@H](CCc4ccc5c(n4)NCCC5)C3)cc(N3CC[OH+]CC3)c2)n[nH]1. The maximum absolute atomic E-state index is 12.1. The van der Waals surface area contributed by atoms with Crippen molar-refractivity contribution >= 4 is 17.5 Å². The Balaban J connectivity index is 1.16. The van der Waals surface area contributed by atoms with Crippen LogP contribution in [0.15, 0.2) is 36.4 Å². The standard InChI is InChI=1S/C32H42N6O3/c1-22-15-30(36-35-22)26-16-25(17-29(18-26)38-11-13-41-14-12-38)27(19-31(39)40)21-37-10-8-23(20-37)4-6-28-7-5-24-3-2-9-33-32(24)34-28/h5,7,15-18,23,27H,2-4,6,8-14,19-21H2,1H3,(H,33,34)(H,35,36)(H,39,40)/p+1/t23-,27?/m1/s1. The molecule has 0 radical (unpaired) electrons. The summed E-state index contributed by atoms with van der Waals surface area (Å²) >= 11 is 0. The summed E-state index contributed by atoms with van der Waals surface area (Å²) in [5.74, 6) is 0.839. The number of aromatic nitrogens is 3. The number of rotatable bonds is 10. The number of nitrogens with zero attached hydrogens (tertiary/aromatic N) is 4. The molecule has 3 aliphatic rings. The molecule has 218 valence electrons. The van der Waals surface area contributed by atoms with Gasteiger partial charge in [-0.15, -0.1) is 0 Å². The number of aryl methyl sites for hydroxylation is 3. The molecule has 5 heterocycles. The molecule has 41 heavy (non-hydrogen) atoms. The first kappa shape index (κ1) is 27.7. The number of benzene rings is 1. The second-order valence-corrected chi connectivity index (χ2v) is 12.0. The monoisotopic (exact) mass is 559 g/mol. The zero-order chi connectivity index (χ0) is 28.2. The van der Waals surface area contributed by atoms with Crippen molar-refractivity contribution in [1.82, 2.24) is 20.1 Å². The highest BCUT2D eigenvalue weighted by Gasteiger charge is 2.28. The van der Waals surface area contributed by atoms with Crippen LogP contribution in [0, 0.1) is 12.8 Å². The zero-order valence-corrected chi connectivity index (χ0v) is 24.1. The average Bonchev–Trinajstić information content (AvgIpc) is 3.64. The first-order valence-corrected chi connectivity index (χ1v) is 15.2. The van der Waals surface area contributed by atoms with Gasteiger partial charge in [-0.05, 0) is 92.9 Å². The molecule has 0 spiro atoms. The molecule has 9 nitrogen and oxygen atoms in total. The summed E-state index contributed by atoms with van der Waals surface area (Å²) in [7, 11) is 0. The van der Waals surface area contributed by atoms with E-state index in [1.165, 1.54) is 17.7 Å². The smallest absolute Gasteiger partial charge is 0.304 e. The van der Waals surface area contributed by atoms with Gasteiger partial charge in [0.05, 0.1) is 25.2 Å². The van der Waals surface area contributed by atoms with Crippen LogP contribution in [0.1, 0.15) is 54.1 Å². The first-order chi connectivity index (χ1) is 20.0. The van der Waals surface area contributed by atoms with Crippen LogP contribution in [-0.4, -0.2) is 88.4 Å². The number of pyridine rings is 1. The molecule has 0 saturated carbocycles. The molecular weight excluding hydrogens is 516 g/mol. The van der Waals surface area contributed by atoms with Crippen molar-refractivity contribution in [2.75, 3.05) is 62.7 Å². The minimum Gasteiger partial charge on any atom is -0.481 e. The second-order valence-electron chi connectivity index (χ2n) is 12.0. The number of anilines is 2.